The number of nitro benzene ring substituents is 1. The van der Waals surface area contributed by atoms with Gasteiger partial charge in [-0.25, -0.2) is 0 Å². The molecule has 0 aromatic heterocycles. The Labute approximate surface area is 114 Å². The second-order valence-corrected chi connectivity index (χ2v) is 4.10. The summed E-state index contributed by atoms with van der Waals surface area (Å²) in [5.41, 5.74) is 5.11. The Balaban J connectivity index is 2.86. The van der Waals surface area contributed by atoms with Crippen molar-refractivity contribution in [1.82, 2.24) is 0 Å². The number of esters is 1. The average Bonchev–Trinajstić information content (AvgIpc) is 2.38. The van der Waals surface area contributed by atoms with Crippen LogP contribution in [0.4, 0.5) is 11.4 Å². The van der Waals surface area contributed by atoms with Gasteiger partial charge in [0.1, 0.15) is 11.8 Å². The lowest BCUT2D eigenvalue weighted by Gasteiger charge is -2.17. The van der Waals surface area contributed by atoms with E-state index < -0.39 is 29.5 Å². The van der Waals surface area contributed by atoms with Crippen LogP contribution >= 0.6 is 0 Å². The highest BCUT2D eigenvalue weighted by Crippen LogP contribution is 2.27. The summed E-state index contributed by atoms with van der Waals surface area (Å²) in [5, 5.41) is 30.3. The van der Waals surface area contributed by atoms with Crippen molar-refractivity contribution in [1.29, 1.82) is 0 Å². The molecule has 0 aliphatic heterocycles. The number of carbonyl (C=O) groups is 1. The molecule has 8 heteroatoms. The zero-order chi connectivity index (χ0) is 15.3. The van der Waals surface area contributed by atoms with Crippen LogP contribution in [0.1, 0.15) is 25.0 Å². The quantitative estimate of drug-likeness (QED) is 0.300. The van der Waals surface area contributed by atoms with Crippen LogP contribution in [0.25, 0.3) is 0 Å². The molecule has 0 amide bonds. The van der Waals surface area contributed by atoms with Crippen molar-refractivity contribution >= 4 is 17.3 Å². The molecule has 0 spiro atoms. The molecule has 0 saturated carbocycles. The van der Waals surface area contributed by atoms with E-state index in [0.29, 0.717) is 0 Å². The molecule has 110 valence electrons. The molecule has 0 fully saturated rings. The Kier molecular flexibility index (Phi) is 5.42. The van der Waals surface area contributed by atoms with Gasteiger partial charge < -0.3 is 20.7 Å². The maximum atomic E-state index is 11.2. The fourth-order valence-corrected chi connectivity index (χ4v) is 1.63. The van der Waals surface area contributed by atoms with Crippen molar-refractivity contribution in [3.63, 3.8) is 0 Å². The van der Waals surface area contributed by atoms with Gasteiger partial charge >= 0.3 is 5.97 Å². The minimum Gasteiger partial charge on any atom is -0.466 e. The van der Waals surface area contributed by atoms with Crippen LogP contribution in [0.3, 0.4) is 0 Å². The fraction of sp³-hybridized carbons (Fsp3) is 0.417. The van der Waals surface area contributed by atoms with Crippen molar-refractivity contribution in [3.05, 3.63) is 33.9 Å². The lowest BCUT2D eigenvalue weighted by molar-refractivity contribution is -0.384. The monoisotopic (exact) mass is 284 g/mol. The van der Waals surface area contributed by atoms with Gasteiger partial charge in [-0.1, -0.05) is 6.07 Å². The third-order valence-corrected chi connectivity index (χ3v) is 2.64. The molecule has 2 unspecified atom stereocenters. The molecule has 0 bridgehead atoms. The van der Waals surface area contributed by atoms with Crippen LogP contribution in [-0.2, 0) is 9.53 Å². The summed E-state index contributed by atoms with van der Waals surface area (Å²) < 4.78 is 4.64. The lowest BCUT2D eigenvalue weighted by atomic mass is 10.0. The molecular formula is C12H16N2O6. The van der Waals surface area contributed by atoms with E-state index in [1.165, 1.54) is 12.1 Å². The minimum absolute atomic E-state index is 0.0502. The van der Waals surface area contributed by atoms with E-state index in [2.05, 4.69) is 4.74 Å². The predicted octanol–water partition coefficient (Wildman–Crippen LogP) is 0.525. The van der Waals surface area contributed by atoms with Crippen LogP contribution in [0.2, 0.25) is 0 Å². The number of hydrogen-bond acceptors (Lipinski definition) is 7. The number of rotatable bonds is 6. The number of nitrogens with zero attached hydrogens (tertiary/aromatic N) is 1. The summed E-state index contributed by atoms with van der Waals surface area (Å²) in [6, 6.07) is 3.67. The van der Waals surface area contributed by atoms with Gasteiger partial charge in [-0.05, 0) is 18.6 Å². The molecule has 0 aliphatic carbocycles. The maximum absolute atomic E-state index is 11.2. The van der Waals surface area contributed by atoms with Gasteiger partial charge in [-0.15, -0.1) is 0 Å². The van der Waals surface area contributed by atoms with Crippen molar-refractivity contribution in [2.75, 3.05) is 12.3 Å². The molecule has 8 nitrogen and oxygen atoms in total. The molecule has 1 rings (SSSR count). The first-order chi connectivity index (χ1) is 9.36. The fourth-order valence-electron chi connectivity index (χ4n) is 1.63. The van der Waals surface area contributed by atoms with Gasteiger partial charge in [0.25, 0.3) is 5.69 Å². The molecule has 0 heterocycles. The maximum Gasteiger partial charge on any atom is 0.308 e. The SMILES string of the molecule is CCOC(=O)CC(O)C(O)c1ccc(N)c([N+](=O)[O-])c1. The Morgan fingerprint density at radius 1 is 1.50 bits per heavy atom. The van der Waals surface area contributed by atoms with Crippen molar-refractivity contribution in [2.24, 2.45) is 0 Å². The van der Waals surface area contributed by atoms with Gasteiger partial charge in [0.2, 0.25) is 0 Å². The number of carbonyl (C=O) groups excluding carboxylic acids is 1. The summed E-state index contributed by atoms with van der Waals surface area (Å²) >= 11 is 0. The molecule has 0 saturated heterocycles. The molecule has 1 aromatic rings. The second kappa shape index (κ2) is 6.83. The Morgan fingerprint density at radius 3 is 2.70 bits per heavy atom. The highest BCUT2D eigenvalue weighted by Gasteiger charge is 2.24. The van der Waals surface area contributed by atoms with E-state index in [4.69, 9.17) is 5.73 Å². The minimum atomic E-state index is -1.45. The summed E-state index contributed by atoms with van der Waals surface area (Å²) in [6.07, 6.45) is -3.27. The van der Waals surface area contributed by atoms with Crippen molar-refractivity contribution < 1.29 is 24.7 Å². The summed E-state index contributed by atoms with van der Waals surface area (Å²) in [7, 11) is 0. The van der Waals surface area contributed by atoms with Gasteiger partial charge in [0.15, 0.2) is 0 Å². The highest BCUT2D eigenvalue weighted by atomic mass is 16.6. The van der Waals surface area contributed by atoms with Gasteiger partial charge in [-0.2, -0.15) is 0 Å². The van der Waals surface area contributed by atoms with Crippen LogP contribution in [-0.4, -0.2) is 33.8 Å². The number of aliphatic hydroxyl groups is 2. The first-order valence-electron chi connectivity index (χ1n) is 5.92. The zero-order valence-electron chi connectivity index (χ0n) is 10.9. The molecule has 2 atom stereocenters. The van der Waals surface area contributed by atoms with Gasteiger partial charge in [0, 0.05) is 6.07 Å². The number of ether oxygens (including phenoxy) is 1. The number of nitrogen functional groups attached to an aromatic ring is 1. The molecule has 1 aromatic carbocycles. The Hall–Kier alpha value is -2.19. The van der Waals surface area contributed by atoms with Gasteiger partial charge in [0.05, 0.1) is 24.1 Å². The first-order valence-corrected chi connectivity index (χ1v) is 5.92. The average molecular weight is 284 g/mol. The Morgan fingerprint density at radius 2 is 2.15 bits per heavy atom. The van der Waals surface area contributed by atoms with Crippen LogP contribution in [0, 0.1) is 10.1 Å². The van der Waals surface area contributed by atoms with Gasteiger partial charge in [-0.3, -0.25) is 14.9 Å². The number of anilines is 1. The highest BCUT2D eigenvalue weighted by molar-refractivity contribution is 5.70. The van der Waals surface area contributed by atoms with E-state index in [-0.39, 0.29) is 23.5 Å². The standard InChI is InChI=1S/C12H16N2O6/c1-2-20-11(16)6-10(15)12(17)7-3-4-8(13)9(5-7)14(18)19/h3-5,10,12,15,17H,2,6,13H2,1H3. The largest absolute Gasteiger partial charge is 0.466 e. The molecular weight excluding hydrogens is 268 g/mol. The van der Waals surface area contributed by atoms with Crippen LogP contribution in [0.15, 0.2) is 18.2 Å². The van der Waals surface area contributed by atoms with Crippen molar-refractivity contribution in [2.45, 2.75) is 25.6 Å². The topological polar surface area (TPSA) is 136 Å². The number of aliphatic hydroxyl groups excluding tert-OH is 2. The zero-order valence-corrected chi connectivity index (χ0v) is 10.9. The van der Waals surface area contributed by atoms with E-state index in [1.54, 1.807) is 6.92 Å². The van der Waals surface area contributed by atoms with E-state index >= 15 is 0 Å². The van der Waals surface area contributed by atoms with Crippen molar-refractivity contribution in [3.8, 4) is 0 Å². The summed E-state index contributed by atoms with van der Waals surface area (Å²) in [4.78, 5) is 21.2. The molecule has 0 radical (unpaired) electrons. The lowest BCUT2D eigenvalue weighted by Crippen LogP contribution is -2.23. The number of hydrogen-bond donors (Lipinski definition) is 3. The number of nitro groups is 1. The van der Waals surface area contributed by atoms with E-state index in [1.807, 2.05) is 0 Å². The Bertz CT molecular complexity index is 505. The van der Waals surface area contributed by atoms with E-state index in [0.717, 1.165) is 6.07 Å². The summed E-state index contributed by atoms with van der Waals surface area (Å²) in [5.74, 6) is -0.663. The number of nitrogens with two attached hydrogens (primary N) is 1. The number of benzene rings is 1. The molecule has 20 heavy (non-hydrogen) atoms. The first kappa shape index (κ1) is 15.9. The third kappa shape index (κ3) is 3.90. The molecule has 0 aliphatic rings. The van der Waals surface area contributed by atoms with Crippen LogP contribution in [0.5, 0.6) is 0 Å². The smallest absolute Gasteiger partial charge is 0.308 e. The van der Waals surface area contributed by atoms with E-state index in [9.17, 15) is 25.1 Å². The predicted molar refractivity (Wildman–Crippen MR) is 69.7 cm³/mol. The summed E-state index contributed by atoms with van der Waals surface area (Å²) in [6.45, 7) is 1.78. The normalized spacial score (nSPS) is 13.6. The third-order valence-electron chi connectivity index (χ3n) is 2.64. The van der Waals surface area contributed by atoms with Crippen LogP contribution < -0.4 is 5.73 Å². The molecule has 4 N–H and O–H groups in total. The second-order valence-electron chi connectivity index (χ2n) is 4.10.